The van der Waals surface area contributed by atoms with Crippen LogP contribution in [-0.2, 0) is 9.47 Å². The zero-order valence-electron chi connectivity index (χ0n) is 8.59. The fraction of sp³-hybridized carbons (Fsp3) is 0.900. The van der Waals surface area contributed by atoms with Crippen molar-refractivity contribution in [3.63, 3.8) is 0 Å². The lowest BCUT2D eigenvalue weighted by atomic mass is 9.80. The second-order valence-electron chi connectivity index (χ2n) is 4.18. The van der Waals surface area contributed by atoms with Crippen molar-refractivity contribution in [1.29, 1.82) is 5.26 Å². The number of ether oxygens (including phenoxy) is 2. The number of rotatable bonds is 3. The van der Waals surface area contributed by atoms with Crippen molar-refractivity contribution in [2.45, 2.75) is 39.4 Å². The maximum absolute atomic E-state index is 8.52. The average molecular weight is 183 g/mol. The highest BCUT2D eigenvalue weighted by atomic mass is 16.7. The Balaban J connectivity index is 2.61. The first-order valence-electron chi connectivity index (χ1n) is 4.67. The van der Waals surface area contributed by atoms with Crippen molar-refractivity contribution >= 4 is 0 Å². The van der Waals surface area contributed by atoms with E-state index in [1.54, 1.807) is 0 Å². The highest BCUT2D eigenvalue weighted by Gasteiger charge is 2.45. The first kappa shape index (κ1) is 10.5. The van der Waals surface area contributed by atoms with Crippen LogP contribution in [-0.4, -0.2) is 19.0 Å². The van der Waals surface area contributed by atoms with E-state index >= 15 is 0 Å². The molecule has 1 rings (SSSR count). The second kappa shape index (κ2) is 3.65. The summed E-state index contributed by atoms with van der Waals surface area (Å²) in [4.78, 5) is 0. The molecule has 0 N–H and O–H groups in total. The summed E-state index contributed by atoms with van der Waals surface area (Å²) in [6.45, 7) is 7.43. The molecule has 0 aliphatic carbocycles. The van der Waals surface area contributed by atoms with E-state index in [2.05, 4.69) is 19.9 Å². The minimum atomic E-state index is -0.510. The van der Waals surface area contributed by atoms with Crippen LogP contribution in [0.4, 0.5) is 0 Å². The Morgan fingerprint density at radius 1 is 1.38 bits per heavy atom. The molecule has 1 saturated heterocycles. The van der Waals surface area contributed by atoms with Crippen LogP contribution < -0.4 is 0 Å². The molecule has 1 aliphatic heterocycles. The molecule has 74 valence electrons. The van der Waals surface area contributed by atoms with Gasteiger partial charge in [-0.2, -0.15) is 5.26 Å². The summed E-state index contributed by atoms with van der Waals surface area (Å²) >= 11 is 0. The Morgan fingerprint density at radius 3 is 2.38 bits per heavy atom. The first-order valence-corrected chi connectivity index (χ1v) is 4.67. The summed E-state index contributed by atoms with van der Waals surface area (Å²) in [7, 11) is 0. The standard InChI is InChI=1S/C10H17NO2/c1-9(2,5-4-6-11)10(3)12-7-8-13-10/h4-5,7-8H2,1-3H3. The SMILES string of the molecule is CC(C)(CCC#N)C1(C)OCCO1. The molecule has 1 heterocycles. The highest BCUT2D eigenvalue weighted by Crippen LogP contribution is 2.41. The number of hydrogen-bond acceptors (Lipinski definition) is 3. The van der Waals surface area contributed by atoms with Gasteiger partial charge in [-0.25, -0.2) is 0 Å². The lowest BCUT2D eigenvalue weighted by Crippen LogP contribution is -2.42. The van der Waals surface area contributed by atoms with Gasteiger partial charge in [0.15, 0.2) is 5.79 Å². The van der Waals surface area contributed by atoms with E-state index in [0.29, 0.717) is 19.6 Å². The van der Waals surface area contributed by atoms with Crippen molar-refractivity contribution in [3.05, 3.63) is 0 Å². The molecule has 0 aromatic heterocycles. The minimum Gasteiger partial charge on any atom is -0.347 e. The van der Waals surface area contributed by atoms with E-state index in [-0.39, 0.29) is 5.41 Å². The molecule has 0 saturated carbocycles. The predicted molar refractivity (Wildman–Crippen MR) is 48.9 cm³/mol. The summed E-state index contributed by atoms with van der Waals surface area (Å²) in [5.74, 6) is -0.510. The Hall–Kier alpha value is -0.590. The van der Waals surface area contributed by atoms with Gasteiger partial charge in [0.25, 0.3) is 0 Å². The van der Waals surface area contributed by atoms with E-state index in [4.69, 9.17) is 14.7 Å². The summed E-state index contributed by atoms with van der Waals surface area (Å²) in [6.07, 6.45) is 1.36. The van der Waals surface area contributed by atoms with Crippen LogP contribution in [0.25, 0.3) is 0 Å². The Kier molecular flexibility index (Phi) is 2.94. The molecule has 13 heavy (non-hydrogen) atoms. The second-order valence-corrected chi connectivity index (χ2v) is 4.18. The topological polar surface area (TPSA) is 42.2 Å². The summed E-state index contributed by atoms with van der Waals surface area (Å²) < 4.78 is 11.1. The zero-order chi connectivity index (χ0) is 9.95. The summed E-state index contributed by atoms with van der Waals surface area (Å²) in [5, 5.41) is 8.52. The van der Waals surface area contributed by atoms with Crippen molar-refractivity contribution in [2.75, 3.05) is 13.2 Å². The molecule has 0 aromatic rings. The van der Waals surface area contributed by atoms with Crippen LogP contribution in [0.1, 0.15) is 33.6 Å². The third kappa shape index (κ3) is 2.01. The Bertz CT molecular complexity index is 211. The van der Waals surface area contributed by atoms with E-state index in [1.807, 2.05) is 6.92 Å². The normalized spacial score (nSPS) is 21.4. The van der Waals surface area contributed by atoms with Crippen molar-refractivity contribution in [3.8, 4) is 6.07 Å². The predicted octanol–water partition coefficient (Wildman–Crippen LogP) is 2.08. The number of nitrogens with zero attached hydrogens (tertiary/aromatic N) is 1. The Labute approximate surface area is 79.6 Å². The quantitative estimate of drug-likeness (QED) is 0.672. The van der Waals surface area contributed by atoms with Crippen LogP contribution in [0.3, 0.4) is 0 Å². The van der Waals surface area contributed by atoms with E-state index in [0.717, 1.165) is 6.42 Å². The van der Waals surface area contributed by atoms with Crippen LogP contribution in [0, 0.1) is 16.7 Å². The van der Waals surface area contributed by atoms with E-state index in [9.17, 15) is 0 Å². The van der Waals surface area contributed by atoms with Gasteiger partial charge in [0.05, 0.1) is 19.3 Å². The smallest absolute Gasteiger partial charge is 0.170 e. The summed E-state index contributed by atoms with van der Waals surface area (Å²) in [6, 6.07) is 2.15. The van der Waals surface area contributed by atoms with Crippen molar-refractivity contribution in [1.82, 2.24) is 0 Å². The lowest BCUT2D eigenvalue weighted by Gasteiger charge is -2.38. The summed E-state index contributed by atoms with van der Waals surface area (Å²) in [5.41, 5.74) is -0.0980. The lowest BCUT2D eigenvalue weighted by molar-refractivity contribution is -0.215. The zero-order valence-corrected chi connectivity index (χ0v) is 8.59. The third-order valence-electron chi connectivity index (χ3n) is 2.93. The molecular formula is C10H17NO2. The average Bonchev–Trinajstić information content (AvgIpc) is 2.50. The van der Waals surface area contributed by atoms with Gasteiger partial charge in [0.1, 0.15) is 0 Å². The fourth-order valence-electron chi connectivity index (χ4n) is 1.50. The van der Waals surface area contributed by atoms with Crippen LogP contribution >= 0.6 is 0 Å². The molecule has 0 bridgehead atoms. The largest absolute Gasteiger partial charge is 0.347 e. The molecule has 0 unspecified atom stereocenters. The molecule has 1 aliphatic rings. The molecule has 0 spiro atoms. The van der Waals surface area contributed by atoms with Crippen LogP contribution in [0.15, 0.2) is 0 Å². The van der Waals surface area contributed by atoms with Crippen molar-refractivity contribution in [2.24, 2.45) is 5.41 Å². The maximum atomic E-state index is 8.52. The first-order chi connectivity index (χ1) is 6.02. The van der Waals surface area contributed by atoms with Gasteiger partial charge in [-0.3, -0.25) is 0 Å². The Morgan fingerprint density at radius 2 is 1.92 bits per heavy atom. The van der Waals surface area contributed by atoms with Gasteiger partial charge in [-0.1, -0.05) is 13.8 Å². The van der Waals surface area contributed by atoms with Crippen LogP contribution in [0.5, 0.6) is 0 Å². The van der Waals surface area contributed by atoms with E-state index in [1.165, 1.54) is 0 Å². The third-order valence-corrected chi connectivity index (χ3v) is 2.93. The van der Waals surface area contributed by atoms with E-state index < -0.39 is 5.79 Å². The molecule has 3 heteroatoms. The highest BCUT2D eigenvalue weighted by molar-refractivity contribution is 4.88. The fourth-order valence-corrected chi connectivity index (χ4v) is 1.50. The number of nitriles is 1. The number of hydrogen-bond donors (Lipinski definition) is 0. The van der Waals surface area contributed by atoms with Gasteiger partial charge in [-0.05, 0) is 13.3 Å². The molecule has 0 aromatic carbocycles. The van der Waals surface area contributed by atoms with Gasteiger partial charge in [0, 0.05) is 11.8 Å². The van der Waals surface area contributed by atoms with Crippen molar-refractivity contribution < 1.29 is 9.47 Å². The van der Waals surface area contributed by atoms with Gasteiger partial charge < -0.3 is 9.47 Å². The molecule has 0 radical (unpaired) electrons. The van der Waals surface area contributed by atoms with Crippen LogP contribution in [0.2, 0.25) is 0 Å². The molecule has 1 fully saturated rings. The molecule has 0 atom stereocenters. The van der Waals surface area contributed by atoms with Gasteiger partial charge >= 0.3 is 0 Å². The minimum absolute atomic E-state index is 0.0980. The molecular weight excluding hydrogens is 166 g/mol. The molecule has 3 nitrogen and oxygen atoms in total. The monoisotopic (exact) mass is 183 g/mol. The van der Waals surface area contributed by atoms with Gasteiger partial charge in [0.2, 0.25) is 0 Å². The maximum Gasteiger partial charge on any atom is 0.170 e. The van der Waals surface area contributed by atoms with Gasteiger partial charge in [-0.15, -0.1) is 0 Å². The molecule has 0 amide bonds.